The molecule has 3 rings (SSSR count). The van der Waals surface area contributed by atoms with Crippen LogP contribution in [0.2, 0.25) is 0 Å². The van der Waals surface area contributed by atoms with Crippen molar-refractivity contribution in [3.05, 3.63) is 47.7 Å². The molecule has 1 atom stereocenters. The molecule has 0 saturated carbocycles. The van der Waals surface area contributed by atoms with E-state index in [2.05, 4.69) is 68.3 Å². The molecule has 0 radical (unpaired) electrons. The SMILES string of the molecule is CCC(C)(C)/N=C/c1cccc(-c2cccc3c2N[C@H](C)CC3)n1. The van der Waals surface area contributed by atoms with Crippen molar-refractivity contribution < 1.29 is 0 Å². The maximum absolute atomic E-state index is 4.82. The molecular weight excluding hydrogens is 294 g/mol. The van der Waals surface area contributed by atoms with Crippen molar-refractivity contribution in [2.75, 3.05) is 5.32 Å². The summed E-state index contributed by atoms with van der Waals surface area (Å²) in [5.74, 6) is 0. The van der Waals surface area contributed by atoms with Gasteiger partial charge in [-0.15, -0.1) is 0 Å². The van der Waals surface area contributed by atoms with Gasteiger partial charge >= 0.3 is 0 Å². The van der Waals surface area contributed by atoms with E-state index in [4.69, 9.17) is 4.98 Å². The summed E-state index contributed by atoms with van der Waals surface area (Å²) in [6.45, 7) is 8.69. The highest BCUT2D eigenvalue weighted by molar-refractivity contribution is 5.82. The van der Waals surface area contributed by atoms with Crippen LogP contribution in [0.25, 0.3) is 11.3 Å². The van der Waals surface area contributed by atoms with E-state index in [0.717, 1.165) is 24.2 Å². The Morgan fingerprint density at radius 1 is 1.25 bits per heavy atom. The molecule has 3 heteroatoms. The van der Waals surface area contributed by atoms with Crippen molar-refractivity contribution >= 4 is 11.9 Å². The van der Waals surface area contributed by atoms with Crippen molar-refractivity contribution in [3.8, 4) is 11.3 Å². The molecular formula is C21H27N3. The van der Waals surface area contributed by atoms with Crippen LogP contribution >= 0.6 is 0 Å². The van der Waals surface area contributed by atoms with Gasteiger partial charge in [-0.05, 0) is 57.7 Å². The second-order valence-corrected chi connectivity index (χ2v) is 7.30. The van der Waals surface area contributed by atoms with Gasteiger partial charge < -0.3 is 5.32 Å². The van der Waals surface area contributed by atoms with E-state index in [1.807, 2.05) is 12.3 Å². The Morgan fingerprint density at radius 2 is 2.04 bits per heavy atom. The fourth-order valence-corrected chi connectivity index (χ4v) is 2.89. The zero-order valence-corrected chi connectivity index (χ0v) is 15.1. The van der Waals surface area contributed by atoms with Crippen LogP contribution in [0.4, 0.5) is 5.69 Å². The van der Waals surface area contributed by atoms with Crippen molar-refractivity contribution in [2.45, 2.75) is 58.5 Å². The van der Waals surface area contributed by atoms with Crippen molar-refractivity contribution in [1.82, 2.24) is 4.98 Å². The Morgan fingerprint density at radius 3 is 2.83 bits per heavy atom. The Labute approximate surface area is 145 Å². The molecule has 1 aromatic carbocycles. The number of aromatic nitrogens is 1. The molecule has 1 aromatic heterocycles. The van der Waals surface area contributed by atoms with Crippen LogP contribution in [0.3, 0.4) is 0 Å². The highest BCUT2D eigenvalue weighted by Crippen LogP contribution is 2.34. The Bertz CT molecular complexity index is 746. The molecule has 126 valence electrons. The second kappa shape index (κ2) is 6.76. The molecule has 2 aromatic rings. The van der Waals surface area contributed by atoms with Gasteiger partial charge in [-0.2, -0.15) is 0 Å². The largest absolute Gasteiger partial charge is 0.382 e. The Balaban J connectivity index is 1.96. The first-order chi connectivity index (χ1) is 11.5. The molecule has 0 unspecified atom stereocenters. The molecule has 1 aliphatic heterocycles. The Hall–Kier alpha value is -2.16. The first-order valence-corrected chi connectivity index (χ1v) is 8.89. The number of hydrogen-bond donors (Lipinski definition) is 1. The van der Waals surface area contributed by atoms with Gasteiger partial charge in [0.15, 0.2) is 0 Å². The van der Waals surface area contributed by atoms with Gasteiger partial charge in [-0.25, -0.2) is 4.98 Å². The average Bonchev–Trinajstić information content (AvgIpc) is 2.60. The number of aryl methyl sites for hydroxylation is 1. The molecule has 0 fully saturated rings. The van der Waals surface area contributed by atoms with Gasteiger partial charge in [0.05, 0.1) is 16.9 Å². The first-order valence-electron chi connectivity index (χ1n) is 8.89. The minimum atomic E-state index is -0.0411. The number of fused-ring (bicyclic) bond motifs is 1. The molecule has 0 amide bonds. The number of para-hydroxylation sites is 1. The quantitative estimate of drug-likeness (QED) is 0.795. The summed E-state index contributed by atoms with van der Waals surface area (Å²) in [4.78, 5) is 9.50. The normalized spacial score (nSPS) is 17.6. The fraction of sp³-hybridized carbons (Fsp3) is 0.429. The van der Waals surface area contributed by atoms with Gasteiger partial charge in [0.25, 0.3) is 0 Å². The highest BCUT2D eigenvalue weighted by atomic mass is 14.9. The van der Waals surface area contributed by atoms with E-state index in [1.165, 1.54) is 23.2 Å². The lowest BCUT2D eigenvalue weighted by Crippen LogP contribution is -2.22. The molecule has 0 saturated heterocycles. The van der Waals surface area contributed by atoms with E-state index in [9.17, 15) is 0 Å². The van der Waals surface area contributed by atoms with Crippen LogP contribution < -0.4 is 5.32 Å². The molecule has 1 N–H and O–H groups in total. The maximum atomic E-state index is 4.82. The zero-order chi connectivity index (χ0) is 17.2. The Kier molecular flexibility index (Phi) is 4.70. The summed E-state index contributed by atoms with van der Waals surface area (Å²) < 4.78 is 0. The highest BCUT2D eigenvalue weighted by Gasteiger charge is 2.18. The number of pyridine rings is 1. The van der Waals surface area contributed by atoms with Gasteiger partial charge in [-0.3, -0.25) is 4.99 Å². The van der Waals surface area contributed by atoms with Crippen LogP contribution in [0, 0.1) is 0 Å². The smallest absolute Gasteiger partial charge is 0.0815 e. The summed E-state index contributed by atoms with van der Waals surface area (Å²) in [6, 6.07) is 13.2. The van der Waals surface area contributed by atoms with Gasteiger partial charge in [0.2, 0.25) is 0 Å². The van der Waals surface area contributed by atoms with Crippen LogP contribution in [0.15, 0.2) is 41.4 Å². The number of nitrogens with zero attached hydrogens (tertiary/aromatic N) is 2. The molecule has 0 bridgehead atoms. The summed E-state index contributed by atoms with van der Waals surface area (Å²) >= 11 is 0. The van der Waals surface area contributed by atoms with Gasteiger partial charge in [-0.1, -0.05) is 31.2 Å². The molecule has 24 heavy (non-hydrogen) atoms. The minimum Gasteiger partial charge on any atom is -0.382 e. The number of rotatable bonds is 4. The zero-order valence-electron chi connectivity index (χ0n) is 15.1. The number of nitrogens with one attached hydrogen (secondary N) is 1. The van der Waals surface area contributed by atoms with Crippen LogP contribution in [-0.2, 0) is 6.42 Å². The minimum absolute atomic E-state index is 0.0411. The van der Waals surface area contributed by atoms with Gasteiger partial charge in [0.1, 0.15) is 0 Å². The van der Waals surface area contributed by atoms with Crippen molar-refractivity contribution in [2.24, 2.45) is 4.99 Å². The van der Waals surface area contributed by atoms with E-state index in [1.54, 1.807) is 0 Å². The lowest BCUT2D eigenvalue weighted by atomic mass is 9.94. The fourth-order valence-electron chi connectivity index (χ4n) is 2.89. The number of anilines is 1. The third kappa shape index (κ3) is 3.66. The second-order valence-electron chi connectivity index (χ2n) is 7.30. The number of benzene rings is 1. The van der Waals surface area contributed by atoms with Crippen molar-refractivity contribution in [1.29, 1.82) is 0 Å². The first kappa shape index (κ1) is 16.7. The van der Waals surface area contributed by atoms with Crippen molar-refractivity contribution in [3.63, 3.8) is 0 Å². The van der Waals surface area contributed by atoms with Gasteiger partial charge in [0, 0.05) is 23.5 Å². The van der Waals surface area contributed by atoms with E-state index in [-0.39, 0.29) is 5.54 Å². The van der Waals surface area contributed by atoms with E-state index < -0.39 is 0 Å². The number of aliphatic imine (C=N–C) groups is 1. The summed E-state index contributed by atoms with van der Waals surface area (Å²) in [6.07, 6.45) is 5.22. The summed E-state index contributed by atoms with van der Waals surface area (Å²) in [7, 11) is 0. The predicted octanol–water partition coefficient (Wildman–Crippen LogP) is 5.10. The molecule has 3 nitrogen and oxygen atoms in total. The van der Waals surface area contributed by atoms with E-state index >= 15 is 0 Å². The maximum Gasteiger partial charge on any atom is 0.0815 e. The van der Waals surface area contributed by atoms with Crippen LogP contribution in [0.1, 0.15) is 51.8 Å². The average molecular weight is 321 g/mol. The third-order valence-electron chi connectivity index (χ3n) is 4.85. The standard InChI is InChI=1S/C21H27N3/c1-5-21(3,4)22-14-17-9-7-11-19(24-17)18-10-6-8-16-13-12-15(2)23-20(16)18/h6-11,14-15,23H,5,12-13H2,1-4H3/b22-14+/t15-/m1/s1. The third-order valence-corrected chi connectivity index (χ3v) is 4.85. The summed E-state index contributed by atoms with van der Waals surface area (Å²) in [5, 5.41) is 3.64. The molecule has 1 aliphatic rings. The lowest BCUT2D eigenvalue weighted by molar-refractivity contribution is 0.507. The molecule has 0 spiro atoms. The van der Waals surface area contributed by atoms with Crippen LogP contribution in [-0.4, -0.2) is 22.8 Å². The molecule has 0 aliphatic carbocycles. The topological polar surface area (TPSA) is 37.3 Å². The predicted molar refractivity (Wildman–Crippen MR) is 103 cm³/mol. The monoisotopic (exact) mass is 321 g/mol. The summed E-state index contributed by atoms with van der Waals surface area (Å²) in [5.41, 5.74) is 5.69. The number of hydrogen-bond acceptors (Lipinski definition) is 3. The lowest BCUT2D eigenvalue weighted by Gasteiger charge is -2.26. The van der Waals surface area contributed by atoms with Crippen LogP contribution in [0.5, 0.6) is 0 Å². The van der Waals surface area contributed by atoms with E-state index in [0.29, 0.717) is 6.04 Å². The molecule has 2 heterocycles.